The molecule has 1 rings (SSSR count). The summed E-state index contributed by atoms with van der Waals surface area (Å²) in [5.41, 5.74) is 0. The number of hydrogen-bond acceptors (Lipinski definition) is 2. The van der Waals surface area contributed by atoms with E-state index in [-0.39, 0.29) is 6.10 Å². The average molecular weight is 207 g/mol. The number of hydrogen-bond donors (Lipinski definition) is 0. The van der Waals surface area contributed by atoms with Crippen molar-refractivity contribution in [1.29, 1.82) is 0 Å². The lowest BCUT2D eigenvalue weighted by molar-refractivity contribution is 0.189. The van der Waals surface area contributed by atoms with Crippen molar-refractivity contribution in [2.75, 3.05) is 0 Å². The maximum atomic E-state index is 5.78. The second-order valence-corrected chi connectivity index (χ2v) is 3.31. The van der Waals surface area contributed by atoms with E-state index >= 15 is 0 Å². The Labute approximate surface area is 88.8 Å². The molecule has 0 amide bonds. The third kappa shape index (κ3) is 2.77. The third-order valence-electron chi connectivity index (χ3n) is 2.16. The van der Waals surface area contributed by atoms with Crippen molar-refractivity contribution in [2.45, 2.75) is 32.8 Å². The van der Waals surface area contributed by atoms with E-state index < -0.39 is 0 Å². The summed E-state index contributed by atoms with van der Waals surface area (Å²) >= 11 is 0. The van der Waals surface area contributed by atoms with Gasteiger partial charge in [-0.1, -0.05) is 26.0 Å². The molecule has 0 fully saturated rings. The maximum absolute atomic E-state index is 5.78. The molecule has 0 saturated carbocycles. The van der Waals surface area contributed by atoms with Crippen LogP contribution in [0.4, 0.5) is 0 Å². The molecular weight excluding hydrogens is 192 g/mol. The highest BCUT2D eigenvalue weighted by atomic mass is 28.2. The summed E-state index contributed by atoms with van der Waals surface area (Å²) in [6.07, 6.45) is 2.27. The Balaban J connectivity index is 2.74. The fourth-order valence-corrected chi connectivity index (χ4v) is 1.44. The van der Waals surface area contributed by atoms with Crippen LogP contribution in [0.3, 0.4) is 0 Å². The largest absolute Gasteiger partial charge is 0.538 e. The molecule has 14 heavy (non-hydrogen) atoms. The first kappa shape index (κ1) is 11.1. The maximum Gasteiger partial charge on any atom is 0.341 e. The lowest BCUT2D eigenvalue weighted by Crippen LogP contribution is -2.14. The van der Waals surface area contributed by atoms with Crippen LogP contribution < -0.4 is 9.16 Å². The number of ether oxygens (including phenoxy) is 1. The molecule has 0 aliphatic heterocycles. The van der Waals surface area contributed by atoms with E-state index in [1.807, 2.05) is 24.3 Å². The van der Waals surface area contributed by atoms with E-state index in [1.54, 1.807) is 0 Å². The number of para-hydroxylation sites is 2. The van der Waals surface area contributed by atoms with E-state index in [0.717, 1.165) is 24.3 Å². The first-order chi connectivity index (χ1) is 6.81. The van der Waals surface area contributed by atoms with Crippen LogP contribution in [-0.4, -0.2) is 16.6 Å². The molecule has 0 unspecified atom stereocenters. The van der Waals surface area contributed by atoms with Crippen LogP contribution in [0, 0.1) is 0 Å². The molecule has 0 aliphatic carbocycles. The van der Waals surface area contributed by atoms with Crippen LogP contribution in [-0.2, 0) is 0 Å². The fourth-order valence-electron chi connectivity index (χ4n) is 1.27. The summed E-state index contributed by atoms with van der Waals surface area (Å²) in [5, 5.41) is 0. The van der Waals surface area contributed by atoms with Crippen molar-refractivity contribution in [3.05, 3.63) is 24.3 Å². The Morgan fingerprint density at radius 3 is 2.21 bits per heavy atom. The Morgan fingerprint density at radius 2 is 1.71 bits per heavy atom. The van der Waals surface area contributed by atoms with E-state index in [9.17, 15) is 0 Å². The Morgan fingerprint density at radius 1 is 1.14 bits per heavy atom. The molecule has 1 aromatic carbocycles. The second-order valence-electron chi connectivity index (χ2n) is 3.11. The molecule has 0 atom stereocenters. The van der Waals surface area contributed by atoms with Gasteiger partial charge in [0.1, 0.15) is 5.75 Å². The van der Waals surface area contributed by atoms with Gasteiger partial charge < -0.3 is 9.16 Å². The Hall–Kier alpha value is -0.963. The highest BCUT2D eigenvalue weighted by Crippen LogP contribution is 2.27. The minimum Gasteiger partial charge on any atom is -0.538 e. The predicted molar refractivity (Wildman–Crippen MR) is 57.8 cm³/mol. The van der Waals surface area contributed by atoms with Crippen LogP contribution >= 0.6 is 0 Å². The molecule has 0 aromatic heterocycles. The topological polar surface area (TPSA) is 18.5 Å². The Bertz CT molecular complexity index is 272. The minimum atomic E-state index is 0.262. The van der Waals surface area contributed by atoms with Crippen molar-refractivity contribution in [3.63, 3.8) is 0 Å². The normalized spacial score (nSPS) is 10.3. The first-order valence-electron chi connectivity index (χ1n) is 4.91. The van der Waals surface area contributed by atoms with Gasteiger partial charge in [-0.05, 0) is 25.0 Å². The van der Waals surface area contributed by atoms with Crippen molar-refractivity contribution in [3.8, 4) is 11.5 Å². The molecule has 0 N–H and O–H groups in total. The van der Waals surface area contributed by atoms with Crippen molar-refractivity contribution in [2.24, 2.45) is 0 Å². The van der Waals surface area contributed by atoms with Gasteiger partial charge in [-0.15, -0.1) is 0 Å². The summed E-state index contributed by atoms with van der Waals surface area (Å²) in [7, 11) is 3.01. The van der Waals surface area contributed by atoms with E-state index in [2.05, 4.69) is 24.3 Å². The van der Waals surface area contributed by atoms with Crippen molar-refractivity contribution >= 4 is 10.5 Å². The number of rotatable bonds is 5. The Kier molecular flexibility index (Phi) is 4.53. The van der Waals surface area contributed by atoms with Gasteiger partial charge in [-0.3, -0.25) is 0 Å². The molecule has 3 radical (unpaired) electrons. The van der Waals surface area contributed by atoms with E-state index in [4.69, 9.17) is 9.16 Å². The van der Waals surface area contributed by atoms with E-state index in [0.29, 0.717) is 0 Å². The molecule has 75 valence electrons. The summed E-state index contributed by atoms with van der Waals surface area (Å²) < 4.78 is 10.8. The van der Waals surface area contributed by atoms with Crippen LogP contribution in [0.25, 0.3) is 0 Å². The third-order valence-corrected chi connectivity index (χ3v) is 2.38. The molecule has 3 heteroatoms. The lowest BCUT2D eigenvalue weighted by Gasteiger charge is -2.17. The zero-order valence-corrected chi connectivity index (χ0v) is 9.62. The molecule has 0 bridgehead atoms. The standard InChI is InChI=1S/C11H15O2Si/c1-3-9(4-2)12-10-7-5-6-8-11(10)13-14/h5-9H,3-4H2,1-2H3. The summed E-state index contributed by atoms with van der Waals surface area (Å²) in [6, 6.07) is 7.63. The van der Waals surface area contributed by atoms with Gasteiger partial charge in [0.15, 0.2) is 5.75 Å². The van der Waals surface area contributed by atoms with Gasteiger partial charge in [-0.25, -0.2) is 0 Å². The average Bonchev–Trinajstić information content (AvgIpc) is 2.26. The SMILES string of the molecule is CCC(CC)Oc1ccccc1O[Si]. The van der Waals surface area contributed by atoms with Gasteiger partial charge >= 0.3 is 10.5 Å². The van der Waals surface area contributed by atoms with Gasteiger partial charge in [0, 0.05) is 0 Å². The van der Waals surface area contributed by atoms with Crippen LogP contribution in [0.5, 0.6) is 11.5 Å². The fraction of sp³-hybridized carbons (Fsp3) is 0.455. The predicted octanol–water partition coefficient (Wildman–Crippen LogP) is 2.72. The molecule has 0 spiro atoms. The molecule has 2 nitrogen and oxygen atoms in total. The molecule has 0 heterocycles. The van der Waals surface area contributed by atoms with Crippen LogP contribution in [0.15, 0.2) is 24.3 Å². The monoisotopic (exact) mass is 207 g/mol. The van der Waals surface area contributed by atoms with Gasteiger partial charge in [0.2, 0.25) is 0 Å². The van der Waals surface area contributed by atoms with Gasteiger partial charge in [0.25, 0.3) is 0 Å². The summed E-state index contributed by atoms with van der Waals surface area (Å²) in [5.74, 6) is 1.51. The smallest absolute Gasteiger partial charge is 0.341 e. The van der Waals surface area contributed by atoms with Crippen LogP contribution in [0.2, 0.25) is 0 Å². The molecular formula is C11H15O2Si. The minimum absolute atomic E-state index is 0.262. The van der Waals surface area contributed by atoms with Crippen LogP contribution in [0.1, 0.15) is 26.7 Å². The molecule has 0 aliphatic rings. The quantitative estimate of drug-likeness (QED) is 0.691. The number of benzene rings is 1. The van der Waals surface area contributed by atoms with E-state index in [1.165, 1.54) is 0 Å². The summed E-state index contributed by atoms with van der Waals surface area (Å²) in [4.78, 5) is 0. The highest BCUT2D eigenvalue weighted by molar-refractivity contribution is 6.00. The lowest BCUT2D eigenvalue weighted by atomic mass is 10.2. The molecule has 1 aromatic rings. The zero-order chi connectivity index (χ0) is 10.4. The highest BCUT2D eigenvalue weighted by Gasteiger charge is 2.08. The van der Waals surface area contributed by atoms with Crippen molar-refractivity contribution in [1.82, 2.24) is 0 Å². The van der Waals surface area contributed by atoms with Gasteiger partial charge in [0.05, 0.1) is 6.10 Å². The molecule has 0 saturated heterocycles. The van der Waals surface area contributed by atoms with Gasteiger partial charge in [-0.2, -0.15) is 0 Å². The first-order valence-corrected chi connectivity index (χ1v) is 5.31. The van der Waals surface area contributed by atoms with Crippen molar-refractivity contribution < 1.29 is 9.16 Å². The second kappa shape index (κ2) is 5.70. The summed E-state index contributed by atoms with van der Waals surface area (Å²) in [6.45, 7) is 4.23. The zero-order valence-electron chi connectivity index (χ0n) is 8.62.